The summed E-state index contributed by atoms with van der Waals surface area (Å²) in [5.74, 6) is -0.322. The van der Waals surface area contributed by atoms with Crippen molar-refractivity contribution in [2.24, 2.45) is 0 Å². The molecule has 6 nitrogen and oxygen atoms in total. The Kier molecular flexibility index (Phi) is 8.49. The van der Waals surface area contributed by atoms with Gasteiger partial charge in [-0.1, -0.05) is 48.6 Å². The highest BCUT2D eigenvalue weighted by Gasteiger charge is 2.37. The maximum atomic E-state index is 14.6. The second-order valence-electron chi connectivity index (χ2n) is 11.2. The van der Waals surface area contributed by atoms with E-state index in [0.29, 0.717) is 24.2 Å². The molecule has 3 aliphatic heterocycles. The Balaban J connectivity index is 1.08. The van der Waals surface area contributed by atoms with Gasteiger partial charge in [0.05, 0.1) is 24.0 Å². The molecule has 0 aliphatic carbocycles. The maximum Gasteiger partial charge on any atom is 0.251 e. The molecule has 1 N–H and O–H groups in total. The number of nitrogens with zero attached hydrogens (tertiary/aromatic N) is 4. The van der Waals surface area contributed by atoms with Crippen LogP contribution in [0.1, 0.15) is 41.6 Å². The van der Waals surface area contributed by atoms with Gasteiger partial charge in [-0.2, -0.15) is 0 Å². The van der Waals surface area contributed by atoms with Crippen molar-refractivity contribution >= 4 is 40.2 Å². The van der Waals surface area contributed by atoms with E-state index in [2.05, 4.69) is 50.3 Å². The van der Waals surface area contributed by atoms with E-state index in [0.717, 1.165) is 81.3 Å². The molecule has 0 radical (unpaired) electrons. The number of hydrogen-bond donors (Lipinski definition) is 1. The van der Waals surface area contributed by atoms with E-state index in [4.69, 9.17) is 12.2 Å². The number of carbonyl (C=O) groups is 1. The van der Waals surface area contributed by atoms with Gasteiger partial charge in [-0.25, -0.2) is 4.39 Å². The molecule has 3 heterocycles. The lowest BCUT2D eigenvalue weighted by Gasteiger charge is -2.47. The molecule has 1 unspecified atom stereocenters. The molecule has 3 aliphatic rings. The zero-order valence-corrected chi connectivity index (χ0v) is 24.3. The lowest BCUT2D eigenvalue weighted by Crippen LogP contribution is -2.54. The molecular formula is C33H38FN5OS. The molecule has 1 atom stereocenters. The molecule has 2 saturated heterocycles. The number of piperidine rings is 1. The highest BCUT2D eigenvalue weighted by atomic mass is 32.1. The third-order valence-electron chi connectivity index (χ3n) is 8.61. The topological polar surface area (TPSA) is 42.1 Å². The molecule has 0 spiro atoms. The number of halogens is 1. The summed E-state index contributed by atoms with van der Waals surface area (Å²) >= 11 is 5.99. The van der Waals surface area contributed by atoms with E-state index in [9.17, 15) is 9.18 Å². The summed E-state index contributed by atoms with van der Waals surface area (Å²) < 4.78 is 14.6. The molecule has 214 valence electrons. The standard InChI is InChI=1S/C33H38FN5OS/c34-28-12-5-4-9-26(28)24-39-31-23-25(14-15-29(31)38-18-7-6-13-30(38)33(39)41)32(40)35-16-8-17-36-19-21-37(22-20-36)27-10-2-1-3-11-27/h1-5,9-12,14-15,23,30H,6-8,13,16-22,24H2,(H,35,40). The van der Waals surface area contributed by atoms with Crippen LogP contribution in [0.5, 0.6) is 0 Å². The summed E-state index contributed by atoms with van der Waals surface area (Å²) in [6.45, 7) is 6.99. The summed E-state index contributed by atoms with van der Waals surface area (Å²) in [7, 11) is 0. The average molecular weight is 572 g/mol. The Hall–Kier alpha value is -3.49. The predicted molar refractivity (Wildman–Crippen MR) is 169 cm³/mol. The molecule has 0 bridgehead atoms. The van der Waals surface area contributed by atoms with Gasteiger partial charge in [0, 0.05) is 56.1 Å². The van der Waals surface area contributed by atoms with Crippen molar-refractivity contribution in [2.45, 2.75) is 38.3 Å². The lowest BCUT2D eigenvalue weighted by atomic mass is 9.95. The van der Waals surface area contributed by atoms with E-state index in [1.807, 2.05) is 35.2 Å². The van der Waals surface area contributed by atoms with Crippen LogP contribution in [0.25, 0.3) is 0 Å². The first kappa shape index (κ1) is 27.7. The first-order chi connectivity index (χ1) is 20.1. The molecule has 3 aromatic carbocycles. The van der Waals surface area contributed by atoms with Crippen molar-refractivity contribution in [1.29, 1.82) is 0 Å². The second kappa shape index (κ2) is 12.6. The number of amides is 1. The number of para-hydroxylation sites is 1. The van der Waals surface area contributed by atoms with Crippen LogP contribution in [0.3, 0.4) is 0 Å². The number of fused-ring (bicyclic) bond motifs is 3. The van der Waals surface area contributed by atoms with Crippen LogP contribution in [0, 0.1) is 5.82 Å². The quantitative estimate of drug-likeness (QED) is 0.286. The van der Waals surface area contributed by atoms with Gasteiger partial charge in [0.25, 0.3) is 5.91 Å². The summed E-state index contributed by atoms with van der Waals surface area (Å²) in [5, 5.41) is 3.12. The fourth-order valence-corrected chi connectivity index (χ4v) is 6.74. The van der Waals surface area contributed by atoms with Crippen LogP contribution < -0.4 is 20.0 Å². The number of carbonyl (C=O) groups excluding carboxylic acids is 1. The minimum absolute atomic E-state index is 0.0841. The second-order valence-corrected chi connectivity index (χ2v) is 11.6. The number of benzene rings is 3. The van der Waals surface area contributed by atoms with E-state index >= 15 is 0 Å². The van der Waals surface area contributed by atoms with Gasteiger partial charge >= 0.3 is 0 Å². The Bertz CT molecular complexity index is 1380. The minimum atomic E-state index is -0.238. The summed E-state index contributed by atoms with van der Waals surface area (Å²) in [6.07, 6.45) is 4.15. The Morgan fingerprint density at radius 2 is 1.68 bits per heavy atom. The summed E-state index contributed by atoms with van der Waals surface area (Å²) in [4.78, 5) is 23.3. The monoisotopic (exact) mass is 571 g/mol. The SMILES string of the molecule is O=C(NCCCN1CCN(c2ccccc2)CC1)c1ccc2c(c1)N(Cc1ccccc1F)C(=S)C1CCCCN21. The van der Waals surface area contributed by atoms with Gasteiger partial charge in [-0.3, -0.25) is 9.69 Å². The highest BCUT2D eigenvalue weighted by molar-refractivity contribution is 7.80. The maximum absolute atomic E-state index is 14.6. The molecule has 0 aromatic heterocycles. The fourth-order valence-electron chi connectivity index (χ4n) is 6.33. The van der Waals surface area contributed by atoms with Crippen molar-refractivity contribution in [3.8, 4) is 0 Å². The van der Waals surface area contributed by atoms with Gasteiger partial charge in [-0.15, -0.1) is 0 Å². The average Bonchev–Trinajstić information content (AvgIpc) is 3.02. The Morgan fingerprint density at radius 3 is 2.49 bits per heavy atom. The molecule has 41 heavy (non-hydrogen) atoms. The van der Waals surface area contributed by atoms with Crippen molar-refractivity contribution < 1.29 is 9.18 Å². The lowest BCUT2D eigenvalue weighted by molar-refractivity contribution is 0.0951. The van der Waals surface area contributed by atoms with Gasteiger partial charge in [-0.05, 0) is 68.6 Å². The van der Waals surface area contributed by atoms with Crippen molar-refractivity contribution in [3.63, 3.8) is 0 Å². The van der Waals surface area contributed by atoms with Crippen LogP contribution in [-0.2, 0) is 6.54 Å². The van der Waals surface area contributed by atoms with Crippen molar-refractivity contribution in [2.75, 3.05) is 60.5 Å². The Morgan fingerprint density at radius 1 is 0.902 bits per heavy atom. The third-order valence-corrected chi connectivity index (χ3v) is 9.10. The molecular weight excluding hydrogens is 533 g/mol. The highest BCUT2D eigenvalue weighted by Crippen LogP contribution is 2.41. The van der Waals surface area contributed by atoms with E-state index in [-0.39, 0.29) is 17.8 Å². The third kappa shape index (κ3) is 6.09. The molecule has 6 rings (SSSR count). The van der Waals surface area contributed by atoms with Crippen LogP contribution in [0.2, 0.25) is 0 Å². The number of anilines is 3. The van der Waals surface area contributed by atoms with Crippen molar-refractivity contribution in [1.82, 2.24) is 10.2 Å². The number of rotatable bonds is 8. The van der Waals surface area contributed by atoms with E-state index < -0.39 is 0 Å². The zero-order valence-electron chi connectivity index (χ0n) is 23.5. The first-order valence-electron chi connectivity index (χ1n) is 14.8. The van der Waals surface area contributed by atoms with Crippen molar-refractivity contribution in [3.05, 3.63) is 89.7 Å². The number of hydrogen-bond acceptors (Lipinski definition) is 5. The minimum Gasteiger partial charge on any atom is -0.369 e. The van der Waals surface area contributed by atoms with Crippen LogP contribution in [0.15, 0.2) is 72.8 Å². The normalized spacial score (nSPS) is 19.1. The molecule has 8 heteroatoms. The number of nitrogens with one attached hydrogen (secondary N) is 1. The molecule has 1 amide bonds. The zero-order chi connectivity index (χ0) is 28.2. The van der Waals surface area contributed by atoms with Crippen LogP contribution in [0.4, 0.5) is 21.5 Å². The van der Waals surface area contributed by atoms with E-state index in [1.54, 1.807) is 6.07 Å². The van der Waals surface area contributed by atoms with Gasteiger partial charge in [0.1, 0.15) is 10.8 Å². The Labute approximate surface area is 247 Å². The number of piperazine rings is 1. The predicted octanol–water partition coefficient (Wildman–Crippen LogP) is 5.47. The number of thiocarbonyl (C=S) groups is 1. The van der Waals surface area contributed by atoms with E-state index in [1.165, 1.54) is 11.8 Å². The molecule has 0 saturated carbocycles. The summed E-state index contributed by atoms with van der Waals surface area (Å²) in [6, 6.07) is 23.5. The van der Waals surface area contributed by atoms with Crippen LogP contribution >= 0.6 is 12.2 Å². The van der Waals surface area contributed by atoms with Crippen LogP contribution in [-0.4, -0.2) is 67.7 Å². The fraction of sp³-hybridized carbons (Fsp3) is 0.394. The summed E-state index contributed by atoms with van der Waals surface area (Å²) in [5.41, 5.74) is 4.46. The molecule has 3 aromatic rings. The first-order valence-corrected chi connectivity index (χ1v) is 15.3. The van der Waals surface area contributed by atoms with Gasteiger partial charge in [0.2, 0.25) is 0 Å². The molecule has 2 fully saturated rings. The largest absolute Gasteiger partial charge is 0.369 e. The van der Waals surface area contributed by atoms with Gasteiger partial charge in [0.15, 0.2) is 0 Å². The smallest absolute Gasteiger partial charge is 0.251 e. The van der Waals surface area contributed by atoms with Gasteiger partial charge < -0.3 is 20.0 Å².